The molecule has 0 aromatic heterocycles. The van der Waals surface area contributed by atoms with Crippen LogP contribution < -0.4 is 10.6 Å². The summed E-state index contributed by atoms with van der Waals surface area (Å²) in [5, 5.41) is 26.0. The molecule has 0 aliphatic rings. The summed E-state index contributed by atoms with van der Waals surface area (Å²) in [5.74, 6) is -1.56. The van der Waals surface area contributed by atoms with E-state index < -0.39 is 47.7 Å². The standard InChI is InChI=1S/C25H41N3O6/c1-15(2)18(26-23(33)34-25(7,8)9)22(32)28(13-14-29)19(21(31)27-24(4,5)6)17-12-10-11-16(3)20(17)30/h10-12,15,18-19,29-30H,13-14H2,1-9H3,(H,26,33)(H,27,31). The minimum Gasteiger partial charge on any atom is -0.507 e. The number of rotatable bonds is 8. The van der Waals surface area contributed by atoms with Crippen LogP contribution in [-0.2, 0) is 14.3 Å². The number of carbonyl (C=O) groups is 3. The fraction of sp³-hybridized carbons (Fsp3) is 0.640. The average Bonchev–Trinajstić information content (AvgIpc) is 2.65. The number of aliphatic hydroxyl groups excluding tert-OH is 1. The molecule has 2 atom stereocenters. The van der Waals surface area contributed by atoms with Crippen LogP contribution in [0.25, 0.3) is 0 Å². The largest absolute Gasteiger partial charge is 0.507 e. The van der Waals surface area contributed by atoms with Gasteiger partial charge in [0.15, 0.2) is 0 Å². The first-order valence-corrected chi connectivity index (χ1v) is 11.5. The van der Waals surface area contributed by atoms with Gasteiger partial charge in [-0.15, -0.1) is 0 Å². The molecule has 9 nitrogen and oxygen atoms in total. The van der Waals surface area contributed by atoms with Crippen molar-refractivity contribution in [2.45, 2.75) is 85.5 Å². The highest BCUT2D eigenvalue weighted by molar-refractivity contribution is 5.93. The highest BCUT2D eigenvalue weighted by Crippen LogP contribution is 2.33. The fourth-order valence-electron chi connectivity index (χ4n) is 3.39. The summed E-state index contributed by atoms with van der Waals surface area (Å²) >= 11 is 0. The second kappa shape index (κ2) is 11.6. The van der Waals surface area contributed by atoms with Crippen molar-refractivity contribution in [1.82, 2.24) is 15.5 Å². The lowest BCUT2D eigenvalue weighted by atomic mass is 9.96. The Morgan fingerprint density at radius 3 is 2.15 bits per heavy atom. The number of carbonyl (C=O) groups excluding carboxylic acids is 3. The Bertz CT molecular complexity index is 870. The van der Waals surface area contributed by atoms with Crippen LogP contribution in [0.2, 0.25) is 0 Å². The van der Waals surface area contributed by atoms with Gasteiger partial charge in [-0.1, -0.05) is 32.0 Å². The van der Waals surface area contributed by atoms with Crippen LogP contribution in [0, 0.1) is 12.8 Å². The van der Waals surface area contributed by atoms with E-state index in [1.54, 1.807) is 80.5 Å². The number of benzene rings is 1. The van der Waals surface area contributed by atoms with E-state index in [2.05, 4.69) is 10.6 Å². The number of amides is 3. The van der Waals surface area contributed by atoms with Gasteiger partial charge in [0.2, 0.25) is 11.8 Å². The van der Waals surface area contributed by atoms with Crippen LogP contribution in [0.3, 0.4) is 0 Å². The lowest BCUT2D eigenvalue weighted by Gasteiger charge is -2.36. The molecule has 3 amide bonds. The van der Waals surface area contributed by atoms with E-state index in [0.29, 0.717) is 5.56 Å². The SMILES string of the molecule is Cc1cccc(C(C(=O)NC(C)(C)C)N(CCO)C(=O)C(NC(=O)OC(C)(C)C)C(C)C)c1O. The molecule has 1 aromatic rings. The van der Waals surface area contributed by atoms with E-state index in [4.69, 9.17) is 4.74 Å². The number of hydrogen-bond acceptors (Lipinski definition) is 6. The molecule has 2 unspecified atom stereocenters. The summed E-state index contributed by atoms with van der Waals surface area (Å²) in [4.78, 5) is 40.8. The minimum absolute atomic E-state index is 0.117. The molecule has 0 saturated carbocycles. The number of nitrogens with zero attached hydrogens (tertiary/aromatic N) is 1. The number of hydrogen-bond donors (Lipinski definition) is 4. The van der Waals surface area contributed by atoms with E-state index in [1.807, 2.05) is 0 Å². The number of aromatic hydroxyl groups is 1. The third-order valence-electron chi connectivity index (χ3n) is 4.85. The molecule has 0 radical (unpaired) electrons. The normalized spacial score (nSPS) is 13.7. The van der Waals surface area contributed by atoms with Crippen molar-refractivity contribution in [3.8, 4) is 5.75 Å². The summed E-state index contributed by atoms with van der Waals surface area (Å²) in [5.41, 5.74) is -0.616. The number of aliphatic hydroxyl groups is 1. The lowest BCUT2D eigenvalue weighted by Crippen LogP contribution is -2.56. The first-order valence-electron chi connectivity index (χ1n) is 11.5. The zero-order valence-corrected chi connectivity index (χ0v) is 21.9. The average molecular weight is 480 g/mol. The maximum atomic E-state index is 13.7. The van der Waals surface area contributed by atoms with Crippen LogP contribution >= 0.6 is 0 Å². The summed E-state index contributed by atoms with van der Waals surface area (Å²) < 4.78 is 5.31. The van der Waals surface area contributed by atoms with Gasteiger partial charge in [-0.25, -0.2) is 4.79 Å². The summed E-state index contributed by atoms with van der Waals surface area (Å²) in [6.07, 6.45) is -0.766. The van der Waals surface area contributed by atoms with E-state index in [1.165, 1.54) is 4.90 Å². The molecule has 0 aliphatic heterocycles. The molecular weight excluding hydrogens is 438 g/mol. The number of ether oxygens (including phenoxy) is 1. The molecular formula is C25H41N3O6. The van der Waals surface area contributed by atoms with Crippen molar-refractivity contribution >= 4 is 17.9 Å². The number of phenols is 1. The van der Waals surface area contributed by atoms with E-state index >= 15 is 0 Å². The second-order valence-electron chi connectivity index (χ2n) is 10.8. The number of alkyl carbamates (subject to hydrolysis) is 1. The van der Waals surface area contributed by atoms with Gasteiger partial charge in [0.05, 0.1) is 6.61 Å². The molecule has 192 valence electrons. The quantitative estimate of drug-likeness (QED) is 0.454. The molecule has 4 N–H and O–H groups in total. The second-order valence-corrected chi connectivity index (χ2v) is 10.8. The summed E-state index contributed by atoms with van der Waals surface area (Å²) in [7, 11) is 0. The highest BCUT2D eigenvalue weighted by Gasteiger charge is 2.39. The van der Waals surface area contributed by atoms with E-state index in [0.717, 1.165) is 0 Å². The Hall–Kier alpha value is -2.81. The van der Waals surface area contributed by atoms with Crippen molar-refractivity contribution in [3.05, 3.63) is 29.3 Å². The molecule has 1 rings (SSSR count). The number of nitrogens with one attached hydrogen (secondary N) is 2. The van der Waals surface area contributed by atoms with Gasteiger partial charge in [0, 0.05) is 17.6 Å². The fourth-order valence-corrected chi connectivity index (χ4v) is 3.39. The van der Waals surface area contributed by atoms with Gasteiger partial charge in [-0.3, -0.25) is 9.59 Å². The Morgan fingerprint density at radius 2 is 1.68 bits per heavy atom. The third-order valence-corrected chi connectivity index (χ3v) is 4.85. The van der Waals surface area contributed by atoms with Crippen molar-refractivity contribution < 1.29 is 29.3 Å². The highest BCUT2D eigenvalue weighted by atomic mass is 16.6. The smallest absolute Gasteiger partial charge is 0.408 e. The van der Waals surface area contributed by atoms with E-state index in [9.17, 15) is 24.6 Å². The van der Waals surface area contributed by atoms with Crippen molar-refractivity contribution in [1.29, 1.82) is 0 Å². The molecule has 0 aliphatic carbocycles. The Kier molecular flexibility index (Phi) is 9.93. The van der Waals surface area contributed by atoms with Crippen LogP contribution in [0.5, 0.6) is 5.75 Å². The van der Waals surface area contributed by atoms with Crippen molar-refractivity contribution in [2.75, 3.05) is 13.2 Å². The predicted octanol–water partition coefficient (Wildman–Crippen LogP) is 3.03. The molecule has 9 heteroatoms. The predicted molar refractivity (Wildman–Crippen MR) is 130 cm³/mol. The van der Waals surface area contributed by atoms with Gasteiger partial charge < -0.3 is 30.5 Å². The maximum Gasteiger partial charge on any atom is 0.408 e. The van der Waals surface area contributed by atoms with Gasteiger partial charge in [-0.05, 0) is 59.9 Å². The van der Waals surface area contributed by atoms with Gasteiger partial charge in [0.1, 0.15) is 23.4 Å². The van der Waals surface area contributed by atoms with E-state index in [-0.39, 0.29) is 23.8 Å². The molecule has 0 saturated heterocycles. The number of phenolic OH excluding ortho intramolecular Hbond substituents is 1. The number of para-hydroxylation sites is 1. The van der Waals surface area contributed by atoms with Crippen LogP contribution in [0.15, 0.2) is 18.2 Å². The topological polar surface area (TPSA) is 128 Å². The monoisotopic (exact) mass is 479 g/mol. The van der Waals surface area contributed by atoms with Crippen molar-refractivity contribution in [2.24, 2.45) is 5.92 Å². The Morgan fingerprint density at radius 1 is 1.09 bits per heavy atom. The van der Waals surface area contributed by atoms with Crippen LogP contribution in [-0.4, -0.2) is 63.4 Å². The van der Waals surface area contributed by atoms with Crippen LogP contribution in [0.1, 0.15) is 72.6 Å². The maximum absolute atomic E-state index is 13.7. The molecule has 0 bridgehead atoms. The molecule has 1 aromatic carbocycles. The van der Waals surface area contributed by atoms with Crippen LogP contribution in [0.4, 0.5) is 4.79 Å². The zero-order valence-electron chi connectivity index (χ0n) is 21.9. The Balaban J connectivity index is 3.53. The summed E-state index contributed by atoms with van der Waals surface area (Å²) in [6, 6.07) is 2.68. The van der Waals surface area contributed by atoms with Gasteiger partial charge >= 0.3 is 6.09 Å². The van der Waals surface area contributed by atoms with Gasteiger partial charge in [0.25, 0.3) is 0 Å². The number of aryl methyl sites for hydroxylation is 1. The van der Waals surface area contributed by atoms with Gasteiger partial charge in [-0.2, -0.15) is 0 Å². The van der Waals surface area contributed by atoms with Crippen molar-refractivity contribution in [3.63, 3.8) is 0 Å². The lowest BCUT2D eigenvalue weighted by molar-refractivity contribution is -0.144. The third kappa shape index (κ3) is 8.52. The first-order chi connectivity index (χ1) is 15.5. The zero-order chi connectivity index (χ0) is 26.4. The first kappa shape index (κ1) is 29.2. The molecule has 0 fully saturated rings. The minimum atomic E-state index is -1.24. The molecule has 0 heterocycles. The summed E-state index contributed by atoms with van der Waals surface area (Å²) in [6.45, 7) is 15.1. The molecule has 0 spiro atoms. The Labute approximate surface area is 202 Å². The molecule has 34 heavy (non-hydrogen) atoms.